The van der Waals surface area contributed by atoms with Crippen molar-refractivity contribution in [1.29, 1.82) is 0 Å². The molecule has 0 saturated heterocycles. The molecule has 0 radical (unpaired) electrons. The molecule has 2 aromatic rings. The molecule has 0 amide bonds. The molecule has 100 valence electrons. The third-order valence-corrected chi connectivity index (χ3v) is 4.42. The highest BCUT2D eigenvalue weighted by Gasteiger charge is 2.12. The molecule has 0 saturated carbocycles. The fourth-order valence-electron chi connectivity index (χ4n) is 2.78. The van der Waals surface area contributed by atoms with Crippen molar-refractivity contribution in [3.8, 4) is 0 Å². The molecule has 19 heavy (non-hydrogen) atoms. The Balaban J connectivity index is 2.28. The third kappa shape index (κ3) is 2.89. The zero-order chi connectivity index (χ0) is 14.0. The van der Waals surface area contributed by atoms with Gasteiger partial charge in [-0.1, -0.05) is 43.3 Å². The highest BCUT2D eigenvalue weighted by molar-refractivity contribution is 5.38. The standard InChI is InChI=1S/C19H24/c1-13-8-6-10-18(16(13)4)12-15(3)19-11-7-9-14(2)17(19)5/h6-11,15H,12H2,1-5H3. The van der Waals surface area contributed by atoms with E-state index in [9.17, 15) is 0 Å². The van der Waals surface area contributed by atoms with Gasteiger partial charge in [0, 0.05) is 0 Å². The van der Waals surface area contributed by atoms with Crippen LogP contribution in [0.2, 0.25) is 0 Å². The van der Waals surface area contributed by atoms with Crippen molar-refractivity contribution in [2.75, 3.05) is 0 Å². The van der Waals surface area contributed by atoms with Crippen LogP contribution >= 0.6 is 0 Å². The largest absolute Gasteiger partial charge is 0.0617 e. The maximum Gasteiger partial charge on any atom is -0.0147 e. The van der Waals surface area contributed by atoms with E-state index in [1.54, 1.807) is 0 Å². The van der Waals surface area contributed by atoms with E-state index in [0.717, 1.165) is 6.42 Å². The molecular formula is C19H24. The van der Waals surface area contributed by atoms with Gasteiger partial charge in [0.15, 0.2) is 0 Å². The first-order chi connectivity index (χ1) is 9.00. The van der Waals surface area contributed by atoms with Crippen molar-refractivity contribution in [3.63, 3.8) is 0 Å². The van der Waals surface area contributed by atoms with Gasteiger partial charge in [0.1, 0.15) is 0 Å². The molecule has 0 N–H and O–H groups in total. The molecule has 0 spiro atoms. The van der Waals surface area contributed by atoms with Crippen LogP contribution in [0.1, 0.15) is 46.2 Å². The Morgan fingerprint density at radius 3 is 2.05 bits per heavy atom. The lowest BCUT2D eigenvalue weighted by Gasteiger charge is -2.18. The van der Waals surface area contributed by atoms with Gasteiger partial charge in [-0.25, -0.2) is 0 Å². The van der Waals surface area contributed by atoms with E-state index in [1.165, 1.54) is 33.4 Å². The van der Waals surface area contributed by atoms with Crippen LogP contribution in [0.25, 0.3) is 0 Å². The normalized spacial score (nSPS) is 12.5. The molecule has 0 aromatic heterocycles. The summed E-state index contributed by atoms with van der Waals surface area (Å²) in [5.41, 5.74) is 8.64. The summed E-state index contributed by atoms with van der Waals surface area (Å²) in [5.74, 6) is 0.570. The summed E-state index contributed by atoms with van der Waals surface area (Å²) in [6.07, 6.45) is 1.12. The van der Waals surface area contributed by atoms with E-state index in [4.69, 9.17) is 0 Å². The average molecular weight is 252 g/mol. The van der Waals surface area contributed by atoms with Gasteiger partial charge in [-0.2, -0.15) is 0 Å². The summed E-state index contributed by atoms with van der Waals surface area (Å²) in [5, 5.41) is 0. The Kier molecular flexibility index (Phi) is 4.09. The molecule has 0 fully saturated rings. The van der Waals surface area contributed by atoms with Crippen molar-refractivity contribution < 1.29 is 0 Å². The molecule has 0 bridgehead atoms. The van der Waals surface area contributed by atoms with Crippen molar-refractivity contribution in [2.45, 2.75) is 47.0 Å². The molecule has 0 aliphatic rings. The van der Waals surface area contributed by atoms with Crippen molar-refractivity contribution in [1.82, 2.24) is 0 Å². The van der Waals surface area contributed by atoms with Gasteiger partial charge < -0.3 is 0 Å². The van der Waals surface area contributed by atoms with Crippen molar-refractivity contribution in [2.24, 2.45) is 0 Å². The zero-order valence-corrected chi connectivity index (χ0v) is 12.7. The van der Waals surface area contributed by atoms with Gasteiger partial charge in [0.2, 0.25) is 0 Å². The molecule has 0 aliphatic heterocycles. The lowest BCUT2D eigenvalue weighted by Crippen LogP contribution is -2.03. The second kappa shape index (κ2) is 5.61. The lowest BCUT2D eigenvalue weighted by atomic mass is 9.87. The summed E-state index contributed by atoms with van der Waals surface area (Å²) >= 11 is 0. The molecule has 1 atom stereocenters. The summed E-state index contributed by atoms with van der Waals surface area (Å²) < 4.78 is 0. The van der Waals surface area contributed by atoms with Crippen LogP contribution in [-0.4, -0.2) is 0 Å². The molecule has 0 heteroatoms. The van der Waals surface area contributed by atoms with E-state index in [1.807, 2.05) is 0 Å². The Morgan fingerprint density at radius 1 is 0.789 bits per heavy atom. The molecule has 2 rings (SSSR count). The zero-order valence-electron chi connectivity index (χ0n) is 12.7. The quantitative estimate of drug-likeness (QED) is 0.698. The van der Waals surface area contributed by atoms with Crippen LogP contribution in [0.15, 0.2) is 36.4 Å². The summed E-state index contributed by atoms with van der Waals surface area (Å²) in [4.78, 5) is 0. The second-order valence-corrected chi connectivity index (χ2v) is 5.75. The highest BCUT2D eigenvalue weighted by atomic mass is 14.2. The van der Waals surface area contributed by atoms with E-state index < -0.39 is 0 Å². The number of benzene rings is 2. The fraction of sp³-hybridized carbons (Fsp3) is 0.368. The smallest absolute Gasteiger partial charge is 0.0147 e. The lowest BCUT2D eigenvalue weighted by molar-refractivity contribution is 0.747. The van der Waals surface area contributed by atoms with Gasteiger partial charge >= 0.3 is 0 Å². The summed E-state index contributed by atoms with van der Waals surface area (Å²) in [6.45, 7) is 11.2. The fourth-order valence-corrected chi connectivity index (χ4v) is 2.78. The van der Waals surface area contributed by atoms with Gasteiger partial charge in [0.05, 0.1) is 0 Å². The molecule has 2 aromatic carbocycles. The Morgan fingerprint density at radius 2 is 1.37 bits per heavy atom. The van der Waals surface area contributed by atoms with E-state index in [2.05, 4.69) is 71.0 Å². The highest BCUT2D eigenvalue weighted by Crippen LogP contribution is 2.27. The number of hydrogen-bond donors (Lipinski definition) is 0. The minimum Gasteiger partial charge on any atom is -0.0617 e. The van der Waals surface area contributed by atoms with Gasteiger partial charge in [-0.15, -0.1) is 0 Å². The van der Waals surface area contributed by atoms with E-state index >= 15 is 0 Å². The molecular weight excluding hydrogens is 228 g/mol. The minimum absolute atomic E-state index is 0.570. The maximum absolute atomic E-state index is 2.34. The predicted molar refractivity (Wildman–Crippen MR) is 84.0 cm³/mol. The van der Waals surface area contributed by atoms with Crippen LogP contribution in [0.3, 0.4) is 0 Å². The molecule has 0 aliphatic carbocycles. The van der Waals surface area contributed by atoms with Crippen LogP contribution in [0.4, 0.5) is 0 Å². The van der Waals surface area contributed by atoms with Crippen molar-refractivity contribution >= 4 is 0 Å². The number of aryl methyl sites for hydroxylation is 2. The first-order valence-electron chi connectivity index (χ1n) is 7.12. The van der Waals surface area contributed by atoms with Crippen LogP contribution in [0, 0.1) is 27.7 Å². The summed E-state index contributed by atoms with van der Waals surface area (Å²) in [6, 6.07) is 13.3. The average Bonchev–Trinajstić information content (AvgIpc) is 2.38. The number of rotatable bonds is 3. The minimum atomic E-state index is 0.570. The van der Waals surface area contributed by atoms with E-state index in [0.29, 0.717) is 5.92 Å². The Hall–Kier alpha value is -1.56. The second-order valence-electron chi connectivity index (χ2n) is 5.75. The van der Waals surface area contributed by atoms with Gasteiger partial charge in [-0.3, -0.25) is 0 Å². The first-order valence-corrected chi connectivity index (χ1v) is 7.12. The van der Waals surface area contributed by atoms with Crippen LogP contribution in [0.5, 0.6) is 0 Å². The monoisotopic (exact) mass is 252 g/mol. The predicted octanol–water partition coefficient (Wildman–Crippen LogP) is 5.27. The first kappa shape index (κ1) is 13.9. The summed E-state index contributed by atoms with van der Waals surface area (Å²) in [7, 11) is 0. The number of hydrogen-bond acceptors (Lipinski definition) is 0. The van der Waals surface area contributed by atoms with Crippen LogP contribution in [-0.2, 0) is 6.42 Å². The van der Waals surface area contributed by atoms with Gasteiger partial charge in [0.25, 0.3) is 0 Å². The molecule has 0 heterocycles. The van der Waals surface area contributed by atoms with Gasteiger partial charge in [-0.05, 0) is 73.4 Å². The molecule has 1 unspecified atom stereocenters. The SMILES string of the molecule is Cc1cccc(CC(C)c2cccc(C)c2C)c1C. The topological polar surface area (TPSA) is 0 Å². The third-order valence-electron chi connectivity index (χ3n) is 4.42. The Bertz CT molecular complexity index is 579. The van der Waals surface area contributed by atoms with Crippen molar-refractivity contribution in [3.05, 3.63) is 69.8 Å². The molecule has 0 nitrogen and oxygen atoms in total. The Labute approximate surface area is 117 Å². The van der Waals surface area contributed by atoms with E-state index in [-0.39, 0.29) is 0 Å². The maximum atomic E-state index is 2.34. The van der Waals surface area contributed by atoms with Crippen LogP contribution < -0.4 is 0 Å².